The van der Waals surface area contributed by atoms with Gasteiger partial charge in [-0.25, -0.2) is 0 Å². The number of aryl methyl sites for hydroxylation is 1. The van der Waals surface area contributed by atoms with Crippen molar-refractivity contribution in [2.45, 2.75) is 18.2 Å². The van der Waals surface area contributed by atoms with Crippen LogP contribution in [-0.4, -0.2) is 11.4 Å². The summed E-state index contributed by atoms with van der Waals surface area (Å²) < 4.78 is 0. The van der Waals surface area contributed by atoms with Crippen molar-refractivity contribution in [3.63, 3.8) is 0 Å². The fourth-order valence-corrected chi connectivity index (χ4v) is 2.05. The fraction of sp³-hybridized carbons (Fsp3) is 0.300. The Kier molecular flexibility index (Phi) is 2.23. The van der Waals surface area contributed by atoms with Gasteiger partial charge in [0.2, 0.25) is 0 Å². The van der Waals surface area contributed by atoms with Gasteiger partial charge in [-0.15, -0.1) is 11.6 Å². The lowest BCUT2D eigenvalue weighted by molar-refractivity contribution is 0.322. The summed E-state index contributed by atoms with van der Waals surface area (Å²) in [7, 11) is 0. The number of hydrogen-bond donors (Lipinski definition) is 1. The Morgan fingerprint density at radius 2 is 2.38 bits per heavy atom. The lowest BCUT2D eigenvalue weighted by atomic mass is 10.1. The number of alkyl halides is 1. The molecule has 1 unspecified atom stereocenters. The zero-order valence-corrected chi connectivity index (χ0v) is 7.83. The zero-order valence-electron chi connectivity index (χ0n) is 7.07. The van der Waals surface area contributed by atoms with Crippen LogP contribution < -0.4 is 0 Å². The number of benzene rings is 1. The Hall–Kier alpha value is -1.02. The molecule has 0 saturated heterocycles. The molecule has 0 bridgehead atoms. The highest BCUT2D eigenvalue weighted by Gasteiger charge is 2.19. The van der Waals surface area contributed by atoms with Crippen LogP contribution in [0.25, 0.3) is 0 Å². The third-order valence-electron chi connectivity index (χ3n) is 2.38. The molecule has 2 rings (SSSR count). The number of fused-ring (bicyclic) bond motifs is 1. The lowest BCUT2D eigenvalue weighted by Crippen LogP contribution is -1.87. The van der Waals surface area contributed by atoms with Crippen molar-refractivity contribution in [3.8, 4) is 0 Å². The molecule has 3 heteroatoms. The molecule has 0 heterocycles. The molecule has 1 aliphatic carbocycles. The van der Waals surface area contributed by atoms with E-state index in [4.69, 9.17) is 16.8 Å². The third-order valence-corrected chi connectivity index (χ3v) is 2.83. The van der Waals surface area contributed by atoms with Crippen LogP contribution in [0.3, 0.4) is 0 Å². The number of halogens is 1. The van der Waals surface area contributed by atoms with Crippen LogP contribution in [-0.2, 0) is 6.42 Å². The summed E-state index contributed by atoms with van der Waals surface area (Å²) in [6.07, 6.45) is 3.47. The Morgan fingerprint density at radius 1 is 1.54 bits per heavy atom. The third kappa shape index (κ3) is 1.54. The van der Waals surface area contributed by atoms with Crippen LogP contribution in [0.1, 0.15) is 28.5 Å². The minimum absolute atomic E-state index is 0.162. The van der Waals surface area contributed by atoms with Gasteiger partial charge in [0.1, 0.15) is 0 Å². The van der Waals surface area contributed by atoms with E-state index >= 15 is 0 Å². The van der Waals surface area contributed by atoms with E-state index in [0.29, 0.717) is 0 Å². The van der Waals surface area contributed by atoms with Gasteiger partial charge in [-0.05, 0) is 35.6 Å². The molecule has 0 spiro atoms. The molecular weight excluding hydrogens is 186 g/mol. The van der Waals surface area contributed by atoms with Gasteiger partial charge in [0.05, 0.1) is 11.6 Å². The van der Waals surface area contributed by atoms with E-state index < -0.39 is 0 Å². The lowest BCUT2D eigenvalue weighted by Gasteiger charge is -2.02. The van der Waals surface area contributed by atoms with Crippen LogP contribution in [0.4, 0.5) is 0 Å². The van der Waals surface area contributed by atoms with Crippen LogP contribution in [0.2, 0.25) is 0 Å². The Bertz CT molecular complexity index is 349. The van der Waals surface area contributed by atoms with E-state index in [-0.39, 0.29) is 5.38 Å². The van der Waals surface area contributed by atoms with E-state index in [0.717, 1.165) is 18.4 Å². The van der Waals surface area contributed by atoms with Gasteiger partial charge in [0.15, 0.2) is 0 Å². The van der Waals surface area contributed by atoms with Gasteiger partial charge in [0, 0.05) is 0 Å². The van der Waals surface area contributed by atoms with Gasteiger partial charge in [0.25, 0.3) is 0 Å². The summed E-state index contributed by atoms with van der Waals surface area (Å²) >= 11 is 6.09. The maximum atomic E-state index is 8.36. The van der Waals surface area contributed by atoms with Crippen LogP contribution in [0, 0.1) is 0 Å². The van der Waals surface area contributed by atoms with E-state index in [1.807, 2.05) is 18.2 Å². The minimum atomic E-state index is 0.162. The second kappa shape index (κ2) is 3.38. The van der Waals surface area contributed by atoms with Gasteiger partial charge in [-0.3, -0.25) is 0 Å². The maximum absolute atomic E-state index is 8.36. The molecule has 0 fully saturated rings. The summed E-state index contributed by atoms with van der Waals surface area (Å²) in [6, 6.07) is 5.95. The topological polar surface area (TPSA) is 32.6 Å². The Morgan fingerprint density at radius 3 is 3.15 bits per heavy atom. The quantitative estimate of drug-likeness (QED) is 0.318. The van der Waals surface area contributed by atoms with Crippen molar-refractivity contribution in [3.05, 3.63) is 34.9 Å². The van der Waals surface area contributed by atoms with Crippen LogP contribution in [0.5, 0.6) is 0 Å². The molecule has 0 aromatic heterocycles. The van der Waals surface area contributed by atoms with Crippen molar-refractivity contribution in [1.29, 1.82) is 0 Å². The molecule has 0 amide bonds. The second-order valence-corrected chi connectivity index (χ2v) is 3.74. The molecule has 1 aromatic rings. The zero-order chi connectivity index (χ0) is 9.26. The average Bonchev–Trinajstić information content (AvgIpc) is 2.48. The van der Waals surface area contributed by atoms with Crippen molar-refractivity contribution in [1.82, 2.24) is 0 Å². The van der Waals surface area contributed by atoms with Gasteiger partial charge in [-0.1, -0.05) is 17.3 Å². The number of oxime groups is 1. The first-order chi connectivity index (χ1) is 6.31. The van der Waals surface area contributed by atoms with Crippen molar-refractivity contribution in [2.24, 2.45) is 5.16 Å². The second-order valence-electron chi connectivity index (χ2n) is 3.21. The first-order valence-electron chi connectivity index (χ1n) is 4.25. The summed E-state index contributed by atoms with van der Waals surface area (Å²) in [4.78, 5) is 0. The fourth-order valence-electron chi connectivity index (χ4n) is 1.73. The monoisotopic (exact) mass is 195 g/mol. The molecule has 0 aliphatic heterocycles. The Balaban J connectivity index is 2.39. The molecule has 1 aliphatic rings. The summed E-state index contributed by atoms with van der Waals surface area (Å²) in [5, 5.41) is 11.5. The van der Waals surface area contributed by atoms with Crippen molar-refractivity contribution < 1.29 is 5.21 Å². The highest BCUT2D eigenvalue weighted by atomic mass is 35.5. The van der Waals surface area contributed by atoms with Crippen LogP contribution in [0.15, 0.2) is 23.4 Å². The minimum Gasteiger partial charge on any atom is -0.411 e. The van der Waals surface area contributed by atoms with Crippen LogP contribution >= 0.6 is 11.6 Å². The number of hydrogen-bond acceptors (Lipinski definition) is 2. The summed E-state index contributed by atoms with van der Waals surface area (Å²) in [6.45, 7) is 0. The molecule has 1 atom stereocenters. The molecule has 13 heavy (non-hydrogen) atoms. The van der Waals surface area contributed by atoms with Gasteiger partial charge < -0.3 is 5.21 Å². The molecule has 0 radical (unpaired) electrons. The Labute approximate surface area is 81.8 Å². The van der Waals surface area contributed by atoms with Gasteiger partial charge >= 0.3 is 0 Å². The normalized spacial score (nSPS) is 20.8. The molecular formula is C10H10ClNO. The van der Waals surface area contributed by atoms with Crippen molar-refractivity contribution in [2.75, 3.05) is 0 Å². The van der Waals surface area contributed by atoms with E-state index in [9.17, 15) is 0 Å². The first kappa shape index (κ1) is 8.57. The maximum Gasteiger partial charge on any atom is 0.0733 e. The van der Waals surface area contributed by atoms with E-state index in [2.05, 4.69) is 5.16 Å². The number of nitrogens with zero attached hydrogens (tertiary/aromatic N) is 1. The molecule has 68 valence electrons. The molecule has 1 N–H and O–H groups in total. The average molecular weight is 196 g/mol. The smallest absolute Gasteiger partial charge is 0.0733 e. The number of rotatable bonds is 1. The van der Waals surface area contributed by atoms with E-state index in [1.54, 1.807) is 0 Å². The highest BCUT2D eigenvalue weighted by Crippen LogP contribution is 2.35. The largest absolute Gasteiger partial charge is 0.411 e. The first-order valence-corrected chi connectivity index (χ1v) is 4.69. The SMILES string of the molecule is O/N=C/c1ccc2c(c1)CCC2Cl. The highest BCUT2D eigenvalue weighted by molar-refractivity contribution is 6.21. The molecule has 1 aromatic carbocycles. The predicted molar refractivity (Wildman–Crippen MR) is 52.7 cm³/mol. The standard InChI is InChI=1S/C10H10ClNO/c11-10-4-2-8-5-7(6-12-13)1-3-9(8)10/h1,3,5-6,10,13H,2,4H2/b12-6+. The summed E-state index contributed by atoms with van der Waals surface area (Å²) in [5.74, 6) is 0. The van der Waals surface area contributed by atoms with E-state index in [1.165, 1.54) is 17.3 Å². The molecule has 2 nitrogen and oxygen atoms in total. The molecule has 0 saturated carbocycles. The summed E-state index contributed by atoms with van der Waals surface area (Å²) in [5.41, 5.74) is 3.42. The predicted octanol–water partition coefficient (Wildman–Crippen LogP) is 2.72. The van der Waals surface area contributed by atoms with Gasteiger partial charge in [-0.2, -0.15) is 0 Å². The van der Waals surface area contributed by atoms with Crippen molar-refractivity contribution >= 4 is 17.8 Å².